The van der Waals surface area contributed by atoms with Crippen LogP contribution in [0.1, 0.15) is 53.4 Å². The molecule has 0 rings (SSSR count). The van der Waals surface area contributed by atoms with E-state index in [1.165, 1.54) is 6.92 Å². The maximum atomic E-state index is 11.4. The molecular weight excluding hydrogens is 192 g/mol. The highest BCUT2D eigenvalue weighted by molar-refractivity contribution is 5.82. The van der Waals surface area contributed by atoms with Crippen molar-refractivity contribution in [1.29, 1.82) is 0 Å². The van der Waals surface area contributed by atoms with Crippen molar-refractivity contribution >= 4 is 5.78 Å². The Hall–Kier alpha value is -0.410. The minimum absolute atomic E-state index is 0.0605. The molecule has 0 aliphatic rings. The van der Waals surface area contributed by atoms with E-state index in [0.29, 0.717) is 13.2 Å². The highest BCUT2D eigenvalue weighted by atomic mass is 16.7. The molecule has 0 bridgehead atoms. The molecule has 0 aromatic carbocycles. The van der Waals surface area contributed by atoms with Crippen LogP contribution in [0, 0.1) is 0 Å². The van der Waals surface area contributed by atoms with Gasteiger partial charge in [0.1, 0.15) is 0 Å². The molecule has 3 nitrogen and oxygen atoms in total. The van der Waals surface area contributed by atoms with Crippen LogP contribution >= 0.6 is 0 Å². The first kappa shape index (κ1) is 14.6. The summed E-state index contributed by atoms with van der Waals surface area (Å²) in [5, 5.41) is 0. The second-order valence-electron chi connectivity index (χ2n) is 3.91. The Bertz CT molecular complexity index is 168. The zero-order valence-corrected chi connectivity index (χ0v) is 10.5. The first-order chi connectivity index (χ1) is 7.06. The molecule has 0 saturated heterocycles. The van der Waals surface area contributed by atoms with Gasteiger partial charge in [-0.25, -0.2) is 0 Å². The van der Waals surface area contributed by atoms with E-state index in [1.807, 2.05) is 0 Å². The number of Topliss-reactive ketones (excluding diaryl/α,β-unsaturated/α-hetero) is 1. The third-order valence-electron chi connectivity index (χ3n) is 2.39. The van der Waals surface area contributed by atoms with Crippen molar-refractivity contribution in [2.75, 3.05) is 13.2 Å². The number of ether oxygens (including phenoxy) is 2. The lowest BCUT2D eigenvalue weighted by Crippen LogP contribution is -2.40. The summed E-state index contributed by atoms with van der Waals surface area (Å²) in [6, 6.07) is 0. The average Bonchev–Trinajstić information content (AvgIpc) is 2.18. The van der Waals surface area contributed by atoms with Crippen LogP contribution in [-0.2, 0) is 14.3 Å². The normalized spacial score (nSPS) is 11.7. The summed E-state index contributed by atoms with van der Waals surface area (Å²) < 4.78 is 11.0. The van der Waals surface area contributed by atoms with Gasteiger partial charge in [-0.15, -0.1) is 0 Å². The molecule has 0 unspecified atom stereocenters. The monoisotopic (exact) mass is 216 g/mol. The van der Waals surface area contributed by atoms with Gasteiger partial charge in [-0.2, -0.15) is 0 Å². The number of unbranched alkanes of at least 4 members (excludes halogenated alkanes) is 2. The number of ketones is 1. The molecule has 0 spiro atoms. The molecule has 0 aromatic heterocycles. The summed E-state index contributed by atoms with van der Waals surface area (Å²) in [6.45, 7) is 8.56. The average molecular weight is 216 g/mol. The summed E-state index contributed by atoms with van der Waals surface area (Å²) in [6.07, 6.45) is 4.03. The fourth-order valence-electron chi connectivity index (χ4n) is 1.07. The van der Waals surface area contributed by atoms with E-state index in [2.05, 4.69) is 13.8 Å². The third-order valence-corrected chi connectivity index (χ3v) is 2.39. The van der Waals surface area contributed by atoms with Gasteiger partial charge in [-0.3, -0.25) is 4.79 Å². The van der Waals surface area contributed by atoms with Crippen molar-refractivity contribution in [1.82, 2.24) is 0 Å². The summed E-state index contributed by atoms with van der Waals surface area (Å²) in [5.41, 5.74) is 0. The highest BCUT2D eigenvalue weighted by Gasteiger charge is 2.31. The largest absolute Gasteiger partial charge is 0.344 e. The van der Waals surface area contributed by atoms with E-state index in [4.69, 9.17) is 9.47 Å². The van der Waals surface area contributed by atoms with Gasteiger partial charge in [-0.05, 0) is 19.8 Å². The Kier molecular flexibility index (Phi) is 7.61. The van der Waals surface area contributed by atoms with Gasteiger partial charge in [0.15, 0.2) is 5.78 Å². The predicted octanol–water partition coefficient (Wildman–Crippen LogP) is 2.93. The van der Waals surface area contributed by atoms with Crippen LogP contribution in [0.3, 0.4) is 0 Å². The number of hydrogen-bond donors (Lipinski definition) is 0. The number of carbonyl (C=O) groups is 1. The van der Waals surface area contributed by atoms with E-state index in [9.17, 15) is 4.79 Å². The Morgan fingerprint density at radius 2 is 1.47 bits per heavy atom. The summed E-state index contributed by atoms with van der Waals surface area (Å²) >= 11 is 0. The molecule has 90 valence electrons. The Balaban J connectivity index is 4.01. The van der Waals surface area contributed by atoms with Crippen molar-refractivity contribution in [3.63, 3.8) is 0 Å². The zero-order chi connectivity index (χ0) is 11.7. The summed E-state index contributed by atoms with van der Waals surface area (Å²) in [5.74, 6) is -1.10. The maximum absolute atomic E-state index is 11.4. The smallest absolute Gasteiger partial charge is 0.225 e. The van der Waals surface area contributed by atoms with Gasteiger partial charge in [0.2, 0.25) is 5.79 Å². The Labute approximate surface area is 93.1 Å². The molecule has 0 amide bonds. The molecule has 0 radical (unpaired) electrons. The second-order valence-corrected chi connectivity index (χ2v) is 3.91. The fraction of sp³-hybridized carbons (Fsp3) is 0.917. The molecule has 3 heteroatoms. The van der Waals surface area contributed by atoms with Gasteiger partial charge in [0.25, 0.3) is 0 Å². The quantitative estimate of drug-likeness (QED) is 0.439. The van der Waals surface area contributed by atoms with Crippen LogP contribution in [0.15, 0.2) is 0 Å². The molecular formula is C12H24O3. The molecule has 0 heterocycles. The minimum Gasteiger partial charge on any atom is -0.344 e. The molecule has 15 heavy (non-hydrogen) atoms. The van der Waals surface area contributed by atoms with Gasteiger partial charge in [-0.1, -0.05) is 26.7 Å². The highest BCUT2D eigenvalue weighted by Crippen LogP contribution is 2.15. The standard InChI is InChI=1S/C12H24O3/c1-5-7-9-14-12(4,11(3)13)15-10-8-6-2/h5-10H2,1-4H3. The van der Waals surface area contributed by atoms with E-state index in [-0.39, 0.29) is 5.78 Å². The molecule has 0 saturated carbocycles. The van der Waals surface area contributed by atoms with Gasteiger partial charge >= 0.3 is 0 Å². The molecule has 0 aliphatic carbocycles. The number of carbonyl (C=O) groups excluding carboxylic acids is 1. The predicted molar refractivity (Wildman–Crippen MR) is 60.8 cm³/mol. The Morgan fingerprint density at radius 1 is 1.07 bits per heavy atom. The maximum Gasteiger partial charge on any atom is 0.225 e. The van der Waals surface area contributed by atoms with Crippen LogP contribution in [0.4, 0.5) is 0 Å². The van der Waals surface area contributed by atoms with Crippen molar-refractivity contribution in [3.8, 4) is 0 Å². The second kappa shape index (κ2) is 7.83. The lowest BCUT2D eigenvalue weighted by atomic mass is 10.2. The first-order valence-electron chi connectivity index (χ1n) is 5.85. The Morgan fingerprint density at radius 3 is 1.73 bits per heavy atom. The SMILES string of the molecule is CCCCOC(C)(OCCCC)C(C)=O. The summed E-state index contributed by atoms with van der Waals surface area (Å²) in [4.78, 5) is 11.4. The zero-order valence-electron chi connectivity index (χ0n) is 10.5. The number of hydrogen-bond acceptors (Lipinski definition) is 3. The molecule has 0 aliphatic heterocycles. The van der Waals surface area contributed by atoms with Crippen LogP contribution in [0.5, 0.6) is 0 Å². The molecule has 0 atom stereocenters. The topological polar surface area (TPSA) is 35.5 Å². The lowest BCUT2D eigenvalue weighted by molar-refractivity contribution is -0.219. The van der Waals surface area contributed by atoms with Crippen molar-refractivity contribution in [2.24, 2.45) is 0 Å². The molecule has 0 N–H and O–H groups in total. The van der Waals surface area contributed by atoms with E-state index in [1.54, 1.807) is 6.92 Å². The van der Waals surface area contributed by atoms with Crippen molar-refractivity contribution < 1.29 is 14.3 Å². The van der Waals surface area contributed by atoms with E-state index in [0.717, 1.165) is 25.7 Å². The van der Waals surface area contributed by atoms with Crippen LogP contribution in [0.25, 0.3) is 0 Å². The van der Waals surface area contributed by atoms with Crippen LogP contribution in [0.2, 0.25) is 0 Å². The van der Waals surface area contributed by atoms with Crippen molar-refractivity contribution in [3.05, 3.63) is 0 Å². The van der Waals surface area contributed by atoms with Gasteiger partial charge in [0.05, 0.1) is 13.2 Å². The minimum atomic E-state index is -1.04. The van der Waals surface area contributed by atoms with Crippen molar-refractivity contribution in [2.45, 2.75) is 59.2 Å². The fourth-order valence-corrected chi connectivity index (χ4v) is 1.07. The van der Waals surface area contributed by atoms with E-state index >= 15 is 0 Å². The number of rotatable bonds is 9. The lowest BCUT2D eigenvalue weighted by Gasteiger charge is -2.27. The third kappa shape index (κ3) is 5.90. The summed E-state index contributed by atoms with van der Waals surface area (Å²) in [7, 11) is 0. The molecule has 0 aromatic rings. The molecule has 0 fully saturated rings. The van der Waals surface area contributed by atoms with Crippen LogP contribution in [-0.4, -0.2) is 24.8 Å². The first-order valence-corrected chi connectivity index (χ1v) is 5.85. The van der Waals surface area contributed by atoms with Gasteiger partial charge in [0, 0.05) is 6.92 Å². The van der Waals surface area contributed by atoms with E-state index < -0.39 is 5.79 Å². The van der Waals surface area contributed by atoms with Gasteiger partial charge < -0.3 is 9.47 Å². The van der Waals surface area contributed by atoms with Crippen LogP contribution < -0.4 is 0 Å².